The highest BCUT2D eigenvalue weighted by Crippen LogP contribution is 2.22. The maximum absolute atomic E-state index is 12.9. The summed E-state index contributed by atoms with van der Waals surface area (Å²) in [5, 5.41) is 4.22. The lowest BCUT2D eigenvalue weighted by atomic mass is 9.96. The van der Waals surface area contributed by atoms with E-state index in [1.165, 1.54) is 0 Å². The molecule has 0 saturated carbocycles. The maximum atomic E-state index is 12.9. The Balaban J connectivity index is 0.00000176. The van der Waals surface area contributed by atoms with Crippen LogP contribution < -0.4 is 5.73 Å². The molecule has 2 aromatic heterocycles. The van der Waals surface area contributed by atoms with E-state index in [0.717, 1.165) is 31.5 Å². The minimum absolute atomic E-state index is 0. The normalized spacial score (nSPS) is 19.8. The minimum Gasteiger partial charge on any atom is -0.334 e. The van der Waals surface area contributed by atoms with Gasteiger partial charge in [-0.1, -0.05) is 0 Å². The highest BCUT2D eigenvalue weighted by molar-refractivity contribution is 5.99. The van der Waals surface area contributed by atoms with Gasteiger partial charge in [0.1, 0.15) is 5.56 Å². The van der Waals surface area contributed by atoms with Crippen molar-refractivity contribution in [1.29, 1.82) is 0 Å². The molecule has 0 aliphatic carbocycles. The Morgan fingerprint density at radius 1 is 1.45 bits per heavy atom. The number of hydrogen-bond acceptors (Lipinski definition) is 4. The number of fused-ring (bicyclic) bond motifs is 1. The summed E-state index contributed by atoms with van der Waals surface area (Å²) in [7, 11) is 0. The van der Waals surface area contributed by atoms with Crippen molar-refractivity contribution < 1.29 is 4.79 Å². The Hall–Kier alpha value is -1.66. The molecule has 1 fully saturated rings. The number of carbonyl (C=O) groups is 1. The van der Waals surface area contributed by atoms with Crippen molar-refractivity contribution >= 4 is 24.0 Å². The van der Waals surface area contributed by atoms with E-state index in [1.807, 2.05) is 31.0 Å². The van der Waals surface area contributed by atoms with E-state index in [0.29, 0.717) is 11.2 Å². The van der Waals surface area contributed by atoms with Crippen LogP contribution in [0, 0.1) is 6.92 Å². The second kappa shape index (κ2) is 6.62. The first-order valence-electron chi connectivity index (χ1n) is 7.45. The molecule has 6 nitrogen and oxygen atoms in total. The van der Waals surface area contributed by atoms with Crippen LogP contribution in [-0.2, 0) is 0 Å². The standard InChI is InChI=1S/C15H21N5O.ClH/c1-10-6-8-20-14(18-10)12(9-17-20)15(21)19-7-4-3-5-13(19)11(2)16;/h6,8-9,11,13H,3-5,7,16H2,1-2H3;1H. The molecule has 0 radical (unpaired) electrons. The fraction of sp³-hybridized carbons (Fsp3) is 0.533. The fourth-order valence-electron chi connectivity index (χ4n) is 3.02. The molecule has 7 heteroatoms. The van der Waals surface area contributed by atoms with Gasteiger partial charge in [-0.2, -0.15) is 5.10 Å². The van der Waals surface area contributed by atoms with Crippen molar-refractivity contribution in [3.05, 3.63) is 29.7 Å². The highest BCUT2D eigenvalue weighted by Gasteiger charge is 2.31. The van der Waals surface area contributed by atoms with Gasteiger partial charge >= 0.3 is 0 Å². The summed E-state index contributed by atoms with van der Waals surface area (Å²) in [5.74, 6) is -0.00917. The summed E-state index contributed by atoms with van der Waals surface area (Å²) in [4.78, 5) is 19.2. The van der Waals surface area contributed by atoms with Crippen LogP contribution in [0.3, 0.4) is 0 Å². The van der Waals surface area contributed by atoms with Crippen molar-refractivity contribution in [2.45, 2.75) is 45.2 Å². The third-order valence-corrected chi connectivity index (χ3v) is 4.16. The quantitative estimate of drug-likeness (QED) is 0.914. The van der Waals surface area contributed by atoms with Gasteiger partial charge in [-0.25, -0.2) is 9.50 Å². The number of hydrogen-bond donors (Lipinski definition) is 1. The zero-order valence-corrected chi connectivity index (χ0v) is 13.7. The molecule has 1 saturated heterocycles. The van der Waals surface area contributed by atoms with Gasteiger partial charge in [-0.3, -0.25) is 4.79 Å². The summed E-state index contributed by atoms with van der Waals surface area (Å²) in [6.07, 6.45) is 6.56. The summed E-state index contributed by atoms with van der Waals surface area (Å²) in [6, 6.07) is 1.96. The summed E-state index contributed by atoms with van der Waals surface area (Å²) >= 11 is 0. The zero-order chi connectivity index (χ0) is 15.0. The van der Waals surface area contributed by atoms with Crippen LogP contribution in [0.25, 0.3) is 5.65 Å². The molecule has 2 atom stereocenters. The van der Waals surface area contributed by atoms with Crippen LogP contribution >= 0.6 is 12.4 Å². The SMILES string of the molecule is Cc1ccn2ncc(C(=O)N3CCCCC3C(C)N)c2n1.Cl. The zero-order valence-electron chi connectivity index (χ0n) is 12.9. The van der Waals surface area contributed by atoms with E-state index < -0.39 is 0 Å². The molecule has 1 amide bonds. The molecule has 0 aromatic carbocycles. The molecule has 120 valence electrons. The molecule has 1 aliphatic heterocycles. The molecule has 22 heavy (non-hydrogen) atoms. The average Bonchev–Trinajstić information content (AvgIpc) is 2.89. The number of amides is 1. The molecule has 1 aliphatic rings. The molecule has 2 N–H and O–H groups in total. The number of carbonyl (C=O) groups excluding carboxylic acids is 1. The van der Waals surface area contributed by atoms with Gasteiger partial charge in [0.25, 0.3) is 5.91 Å². The van der Waals surface area contributed by atoms with Gasteiger partial charge in [0, 0.05) is 30.5 Å². The Morgan fingerprint density at radius 2 is 2.23 bits per heavy atom. The van der Waals surface area contributed by atoms with Gasteiger partial charge in [-0.05, 0) is 39.2 Å². The smallest absolute Gasteiger partial charge is 0.259 e. The van der Waals surface area contributed by atoms with Crippen molar-refractivity contribution in [2.75, 3.05) is 6.54 Å². The molecule has 3 heterocycles. The van der Waals surface area contributed by atoms with Crippen molar-refractivity contribution in [3.63, 3.8) is 0 Å². The Kier molecular flexibility index (Phi) is 5.03. The minimum atomic E-state index is -0.0224. The third-order valence-electron chi connectivity index (χ3n) is 4.16. The van der Waals surface area contributed by atoms with Crippen LogP contribution in [0.1, 0.15) is 42.2 Å². The van der Waals surface area contributed by atoms with Gasteiger partial charge in [0.15, 0.2) is 5.65 Å². The van der Waals surface area contributed by atoms with E-state index in [4.69, 9.17) is 5.73 Å². The van der Waals surface area contributed by atoms with Crippen LogP contribution in [0.4, 0.5) is 0 Å². The van der Waals surface area contributed by atoms with Crippen molar-refractivity contribution in [2.24, 2.45) is 5.73 Å². The number of piperidine rings is 1. The van der Waals surface area contributed by atoms with E-state index in [9.17, 15) is 4.79 Å². The van der Waals surface area contributed by atoms with E-state index in [1.54, 1.807) is 10.7 Å². The average molecular weight is 324 g/mol. The Bertz CT molecular complexity index is 669. The molecular formula is C15H22ClN5O. The lowest BCUT2D eigenvalue weighted by molar-refractivity contribution is 0.0585. The first-order chi connectivity index (χ1) is 10.1. The third kappa shape index (κ3) is 2.94. The number of halogens is 1. The maximum Gasteiger partial charge on any atom is 0.259 e. The number of aromatic nitrogens is 3. The fourth-order valence-corrected chi connectivity index (χ4v) is 3.02. The second-order valence-electron chi connectivity index (χ2n) is 5.82. The van der Waals surface area contributed by atoms with E-state index in [-0.39, 0.29) is 30.4 Å². The van der Waals surface area contributed by atoms with E-state index in [2.05, 4.69) is 10.1 Å². The number of aryl methyl sites for hydroxylation is 1. The summed E-state index contributed by atoms with van der Waals surface area (Å²) in [6.45, 7) is 4.63. The first-order valence-corrected chi connectivity index (χ1v) is 7.45. The molecule has 0 bridgehead atoms. The highest BCUT2D eigenvalue weighted by atomic mass is 35.5. The topological polar surface area (TPSA) is 76.5 Å². The predicted octanol–water partition coefficient (Wildman–Crippen LogP) is 1.80. The van der Waals surface area contributed by atoms with Crippen molar-refractivity contribution in [3.8, 4) is 0 Å². The molecule has 2 unspecified atom stereocenters. The molecular weight excluding hydrogens is 302 g/mol. The Labute approximate surface area is 136 Å². The van der Waals surface area contributed by atoms with Gasteiger partial charge in [-0.15, -0.1) is 12.4 Å². The summed E-state index contributed by atoms with van der Waals surface area (Å²) < 4.78 is 1.64. The number of likely N-dealkylation sites (tertiary alicyclic amines) is 1. The molecule has 0 spiro atoms. The number of rotatable bonds is 2. The van der Waals surface area contributed by atoms with Crippen LogP contribution in [0.15, 0.2) is 18.5 Å². The van der Waals surface area contributed by atoms with E-state index >= 15 is 0 Å². The number of nitrogens with zero attached hydrogens (tertiary/aromatic N) is 4. The molecule has 2 aromatic rings. The van der Waals surface area contributed by atoms with Gasteiger partial charge in [0.05, 0.1) is 6.20 Å². The van der Waals surface area contributed by atoms with Crippen LogP contribution in [0.5, 0.6) is 0 Å². The summed E-state index contributed by atoms with van der Waals surface area (Å²) in [5.41, 5.74) is 8.11. The van der Waals surface area contributed by atoms with Crippen LogP contribution in [-0.4, -0.2) is 44.0 Å². The monoisotopic (exact) mass is 323 g/mol. The first kappa shape index (κ1) is 16.7. The van der Waals surface area contributed by atoms with Gasteiger partial charge < -0.3 is 10.6 Å². The largest absolute Gasteiger partial charge is 0.334 e. The predicted molar refractivity (Wildman–Crippen MR) is 87.3 cm³/mol. The van der Waals surface area contributed by atoms with Crippen molar-refractivity contribution in [1.82, 2.24) is 19.5 Å². The second-order valence-corrected chi connectivity index (χ2v) is 5.82. The lowest BCUT2D eigenvalue weighted by Gasteiger charge is -2.37. The Morgan fingerprint density at radius 3 is 2.95 bits per heavy atom. The molecule has 3 rings (SSSR count). The number of nitrogens with two attached hydrogens (primary N) is 1. The lowest BCUT2D eigenvalue weighted by Crippen LogP contribution is -2.51. The van der Waals surface area contributed by atoms with Crippen LogP contribution in [0.2, 0.25) is 0 Å². The van der Waals surface area contributed by atoms with Gasteiger partial charge in [0.2, 0.25) is 0 Å².